The Hall–Kier alpha value is -3.16. The van der Waals surface area contributed by atoms with Gasteiger partial charge in [-0.3, -0.25) is 4.90 Å². The SMILES string of the molecule is CC1C(c2cc(C(F)(F)F)cc(C(F)(F)F)c2)OC(=O)N1Cc1cc(C(F)(F)F)ccc1NC1CCOCC1. The van der Waals surface area contributed by atoms with Crippen LogP contribution >= 0.6 is 0 Å². The van der Waals surface area contributed by atoms with Crippen LogP contribution in [0.25, 0.3) is 0 Å². The first-order chi connectivity index (χ1) is 18.0. The molecule has 2 atom stereocenters. The van der Waals surface area contributed by atoms with E-state index in [1.54, 1.807) is 0 Å². The Labute approximate surface area is 216 Å². The lowest BCUT2D eigenvalue weighted by Gasteiger charge is -2.27. The Kier molecular flexibility index (Phi) is 7.71. The summed E-state index contributed by atoms with van der Waals surface area (Å²) in [4.78, 5) is 13.7. The molecule has 0 bridgehead atoms. The van der Waals surface area contributed by atoms with E-state index in [4.69, 9.17) is 9.47 Å². The molecular weight excluding hydrogens is 547 g/mol. The maximum atomic E-state index is 13.5. The van der Waals surface area contributed by atoms with Crippen LogP contribution in [0.2, 0.25) is 0 Å². The number of nitrogens with zero attached hydrogens (tertiary/aromatic N) is 1. The highest BCUT2D eigenvalue weighted by Gasteiger charge is 2.43. The van der Waals surface area contributed by atoms with Gasteiger partial charge in [0.05, 0.1) is 29.3 Å². The Balaban J connectivity index is 1.66. The molecule has 2 unspecified atom stereocenters. The van der Waals surface area contributed by atoms with Crippen molar-refractivity contribution < 1.29 is 53.8 Å². The summed E-state index contributed by atoms with van der Waals surface area (Å²) in [7, 11) is 0. The maximum absolute atomic E-state index is 13.5. The molecule has 214 valence electrons. The summed E-state index contributed by atoms with van der Waals surface area (Å²) in [6.45, 7) is 1.79. The molecule has 1 amide bonds. The van der Waals surface area contributed by atoms with Gasteiger partial charge in [-0.15, -0.1) is 0 Å². The fourth-order valence-electron chi connectivity index (χ4n) is 4.59. The van der Waals surface area contributed by atoms with E-state index in [1.807, 2.05) is 0 Å². The normalized spacial score (nSPS) is 21.3. The first-order valence-electron chi connectivity index (χ1n) is 11.8. The average molecular weight is 570 g/mol. The number of anilines is 1. The van der Waals surface area contributed by atoms with Crippen molar-refractivity contribution in [1.29, 1.82) is 0 Å². The molecule has 0 aliphatic carbocycles. The summed E-state index contributed by atoms with van der Waals surface area (Å²) in [6, 6.07) is 2.62. The van der Waals surface area contributed by atoms with Crippen LogP contribution in [0, 0.1) is 0 Å². The highest BCUT2D eigenvalue weighted by molar-refractivity contribution is 5.72. The van der Waals surface area contributed by atoms with Gasteiger partial charge in [-0.1, -0.05) is 0 Å². The van der Waals surface area contributed by atoms with Crippen molar-refractivity contribution in [3.63, 3.8) is 0 Å². The summed E-state index contributed by atoms with van der Waals surface area (Å²) < 4.78 is 131. The fourth-order valence-corrected chi connectivity index (χ4v) is 4.59. The van der Waals surface area contributed by atoms with Crippen molar-refractivity contribution in [2.24, 2.45) is 0 Å². The quantitative estimate of drug-likeness (QED) is 0.381. The van der Waals surface area contributed by atoms with E-state index in [9.17, 15) is 44.3 Å². The minimum absolute atomic E-state index is 0.0421. The average Bonchev–Trinajstić information content (AvgIpc) is 3.12. The second-order valence-corrected chi connectivity index (χ2v) is 9.41. The van der Waals surface area contributed by atoms with E-state index in [0.29, 0.717) is 43.9 Å². The smallest absolute Gasteiger partial charge is 0.416 e. The first kappa shape index (κ1) is 28.8. The van der Waals surface area contributed by atoms with Crippen molar-refractivity contribution >= 4 is 11.8 Å². The zero-order chi connectivity index (χ0) is 28.8. The van der Waals surface area contributed by atoms with Gasteiger partial charge in [-0.2, -0.15) is 39.5 Å². The zero-order valence-corrected chi connectivity index (χ0v) is 20.3. The van der Waals surface area contributed by atoms with Crippen molar-refractivity contribution in [3.8, 4) is 0 Å². The van der Waals surface area contributed by atoms with E-state index in [1.165, 1.54) is 13.0 Å². The number of nitrogens with one attached hydrogen (secondary N) is 1. The molecule has 2 aromatic carbocycles. The van der Waals surface area contributed by atoms with E-state index in [-0.39, 0.29) is 17.7 Å². The third-order valence-electron chi connectivity index (χ3n) is 6.68. The van der Waals surface area contributed by atoms with Crippen LogP contribution in [0.15, 0.2) is 36.4 Å². The summed E-state index contributed by atoms with van der Waals surface area (Å²) in [5, 5.41) is 3.15. The molecule has 2 saturated heterocycles. The fraction of sp³-hybridized carbons (Fsp3) is 0.480. The molecule has 39 heavy (non-hydrogen) atoms. The molecule has 5 nitrogen and oxygen atoms in total. The number of cyclic esters (lactones) is 1. The minimum atomic E-state index is -5.11. The number of amides is 1. The van der Waals surface area contributed by atoms with E-state index in [2.05, 4.69) is 5.32 Å². The number of hydrogen-bond acceptors (Lipinski definition) is 4. The highest BCUT2D eigenvalue weighted by atomic mass is 19.4. The molecule has 2 aliphatic heterocycles. The van der Waals surface area contributed by atoms with E-state index >= 15 is 0 Å². The summed E-state index contributed by atoms with van der Waals surface area (Å²) in [5.74, 6) is 0. The molecule has 1 N–H and O–H groups in total. The van der Waals surface area contributed by atoms with Crippen LogP contribution in [0.5, 0.6) is 0 Å². The standard InChI is InChI=1S/C25H23F9N2O3/c1-13-21(14-8-17(24(29,30)31)11-18(9-14)25(32,33)34)39-22(37)36(13)12-15-10-16(23(26,27)28)2-3-20(15)35-19-4-6-38-7-5-19/h2-3,8-11,13,19,21,35H,4-7,12H2,1H3. The van der Waals surface area contributed by atoms with Crippen molar-refractivity contribution in [2.45, 2.75) is 63.0 Å². The van der Waals surface area contributed by atoms with Gasteiger partial charge in [0.25, 0.3) is 0 Å². The van der Waals surface area contributed by atoms with Crippen molar-refractivity contribution in [2.75, 3.05) is 18.5 Å². The molecule has 2 aromatic rings. The summed E-state index contributed by atoms with van der Waals surface area (Å²) in [5.41, 5.74) is -4.31. The number of alkyl halides is 9. The second-order valence-electron chi connectivity index (χ2n) is 9.41. The summed E-state index contributed by atoms with van der Waals surface area (Å²) in [6.07, 6.45) is -16.4. The Morgan fingerprint density at radius 2 is 1.41 bits per heavy atom. The molecule has 14 heteroatoms. The van der Waals surface area contributed by atoms with Gasteiger partial charge >= 0.3 is 24.6 Å². The third-order valence-corrected chi connectivity index (χ3v) is 6.68. The highest BCUT2D eigenvalue weighted by Crippen LogP contribution is 2.42. The molecule has 2 fully saturated rings. The molecule has 0 spiro atoms. The largest absolute Gasteiger partial charge is 0.439 e. The molecule has 0 aromatic heterocycles. The first-order valence-corrected chi connectivity index (χ1v) is 11.8. The molecule has 2 aliphatic rings. The van der Waals surface area contributed by atoms with Gasteiger partial charge < -0.3 is 14.8 Å². The lowest BCUT2D eigenvalue weighted by atomic mass is 9.97. The number of carbonyl (C=O) groups is 1. The second kappa shape index (κ2) is 10.4. The predicted octanol–water partition coefficient (Wildman–Crippen LogP) is 7.42. The molecule has 4 rings (SSSR count). The molecule has 0 saturated carbocycles. The number of halogens is 9. The Bertz CT molecular complexity index is 1170. The number of ether oxygens (including phenoxy) is 2. The number of rotatable bonds is 5. The van der Waals surface area contributed by atoms with Gasteiger partial charge in [-0.25, -0.2) is 4.79 Å². The molecule has 0 radical (unpaired) electrons. The van der Waals surface area contributed by atoms with Crippen LogP contribution in [0.3, 0.4) is 0 Å². The van der Waals surface area contributed by atoms with E-state index in [0.717, 1.165) is 17.0 Å². The van der Waals surface area contributed by atoms with Crippen LogP contribution in [0.1, 0.15) is 53.7 Å². The van der Waals surface area contributed by atoms with Gasteiger partial charge in [-0.05, 0) is 67.3 Å². The van der Waals surface area contributed by atoms with Gasteiger partial charge in [0, 0.05) is 24.9 Å². The maximum Gasteiger partial charge on any atom is 0.416 e. The van der Waals surface area contributed by atoms with Gasteiger partial charge in [0.1, 0.15) is 6.10 Å². The van der Waals surface area contributed by atoms with Crippen molar-refractivity contribution in [1.82, 2.24) is 4.90 Å². The van der Waals surface area contributed by atoms with Gasteiger partial charge in [0.2, 0.25) is 0 Å². The van der Waals surface area contributed by atoms with Crippen molar-refractivity contribution in [3.05, 3.63) is 64.2 Å². The lowest BCUT2D eigenvalue weighted by Crippen LogP contribution is -2.33. The number of carbonyl (C=O) groups excluding carboxylic acids is 1. The van der Waals surface area contributed by atoms with E-state index < -0.39 is 65.6 Å². The minimum Gasteiger partial charge on any atom is -0.439 e. The van der Waals surface area contributed by atoms with Gasteiger partial charge in [0.15, 0.2) is 0 Å². The Morgan fingerprint density at radius 3 is 1.95 bits per heavy atom. The monoisotopic (exact) mass is 570 g/mol. The number of hydrogen-bond donors (Lipinski definition) is 1. The lowest BCUT2D eigenvalue weighted by molar-refractivity contribution is -0.143. The summed E-state index contributed by atoms with van der Waals surface area (Å²) >= 11 is 0. The van der Waals surface area contributed by atoms with Crippen LogP contribution in [-0.2, 0) is 34.5 Å². The third kappa shape index (κ3) is 6.53. The van der Waals surface area contributed by atoms with Crippen LogP contribution in [0.4, 0.5) is 50.0 Å². The zero-order valence-electron chi connectivity index (χ0n) is 20.3. The van der Waals surface area contributed by atoms with Crippen LogP contribution in [-0.4, -0.2) is 36.3 Å². The van der Waals surface area contributed by atoms with Crippen LogP contribution < -0.4 is 5.32 Å². The predicted molar refractivity (Wildman–Crippen MR) is 120 cm³/mol. The number of benzene rings is 2. The molecular formula is C25H23F9N2O3. The Morgan fingerprint density at radius 1 is 0.846 bits per heavy atom. The molecule has 2 heterocycles. The topological polar surface area (TPSA) is 50.8 Å².